The predicted molar refractivity (Wildman–Crippen MR) is 62.7 cm³/mol. The van der Waals surface area contributed by atoms with Crippen LogP contribution in [0.2, 0.25) is 0 Å². The summed E-state index contributed by atoms with van der Waals surface area (Å²) in [5, 5.41) is 0. The maximum Gasteiger partial charge on any atom is 0.228 e. The molecule has 1 fully saturated rings. The Morgan fingerprint density at radius 2 is 2.18 bits per heavy atom. The van der Waals surface area contributed by atoms with Crippen LogP contribution in [0.1, 0.15) is 38.9 Å². The lowest BCUT2D eigenvalue weighted by Crippen LogP contribution is -2.49. The molecule has 0 spiro atoms. The van der Waals surface area contributed by atoms with Crippen LogP contribution in [0.15, 0.2) is 18.3 Å². The molecule has 92 valence electrons. The fourth-order valence-electron chi connectivity index (χ4n) is 1.95. The van der Waals surface area contributed by atoms with Gasteiger partial charge in [0.2, 0.25) is 5.91 Å². The average Bonchev–Trinajstić information content (AvgIpc) is 2.18. The lowest BCUT2D eigenvalue weighted by Gasteiger charge is -2.43. The molecular weight excluding hydrogens is 219 g/mol. The predicted octanol–water partition coefficient (Wildman–Crippen LogP) is 2.54. The highest BCUT2D eigenvalue weighted by molar-refractivity contribution is 5.82. The maximum absolute atomic E-state index is 12.8. The van der Waals surface area contributed by atoms with Gasteiger partial charge < -0.3 is 4.90 Å². The molecule has 0 saturated carbocycles. The molecule has 2 rings (SSSR count). The second kappa shape index (κ2) is 4.09. The van der Waals surface area contributed by atoms with Gasteiger partial charge in [0.1, 0.15) is 5.82 Å². The lowest BCUT2D eigenvalue weighted by molar-refractivity contribution is -0.148. The Kier molecular flexibility index (Phi) is 2.89. The van der Waals surface area contributed by atoms with Crippen LogP contribution in [0.25, 0.3) is 0 Å². The van der Waals surface area contributed by atoms with Crippen molar-refractivity contribution in [3.8, 4) is 0 Å². The lowest BCUT2D eigenvalue weighted by atomic mass is 9.89. The molecule has 1 aromatic heterocycles. The van der Waals surface area contributed by atoms with Gasteiger partial charge in [0, 0.05) is 12.0 Å². The standard InChI is InChI=1S/C13H17FN2O/c1-13(2,3)12(17)16-7-6-11(16)10-5-4-9(14)8-15-10/h4-5,8,11H,6-7H2,1-3H3. The van der Waals surface area contributed by atoms with Gasteiger partial charge >= 0.3 is 0 Å². The van der Waals surface area contributed by atoms with Gasteiger partial charge in [0.05, 0.1) is 17.9 Å². The first-order chi connectivity index (χ1) is 7.89. The molecule has 0 radical (unpaired) electrons. The highest BCUT2D eigenvalue weighted by Gasteiger charge is 2.38. The van der Waals surface area contributed by atoms with Crippen molar-refractivity contribution < 1.29 is 9.18 Å². The first-order valence-electron chi connectivity index (χ1n) is 5.82. The number of hydrogen-bond donors (Lipinski definition) is 0. The van der Waals surface area contributed by atoms with E-state index < -0.39 is 0 Å². The van der Waals surface area contributed by atoms with Crippen LogP contribution in [-0.2, 0) is 4.79 Å². The molecular formula is C13H17FN2O. The monoisotopic (exact) mass is 236 g/mol. The van der Waals surface area contributed by atoms with Gasteiger partial charge in [-0.05, 0) is 18.6 Å². The second-order valence-electron chi connectivity index (χ2n) is 5.45. The number of halogens is 1. The summed E-state index contributed by atoms with van der Waals surface area (Å²) in [6, 6.07) is 3.06. The van der Waals surface area contributed by atoms with E-state index in [4.69, 9.17) is 0 Å². The van der Waals surface area contributed by atoms with E-state index >= 15 is 0 Å². The Labute approximate surface area is 101 Å². The molecule has 0 aliphatic carbocycles. The summed E-state index contributed by atoms with van der Waals surface area (Å²) in [6.45, 7) is 6.48. The number of rotatable bonds is 1. The van der Waals surface area contributed by atoms with Crippen molar-refractivity contribution in [2.45, 2.75) is 33.2 Å². The summed E-state index contributed by atoms with van der Waals surface area (Å²) < 4.78 is 12.8. The smallest absolute Gasteiger partial charge is 0.228 e. The van der Waals surface area contributed by atoms with Gasteiger partial charge in [-0.3, -0.25) is 9.78 Å². The minimum absolute atomic E-state index is 0.0160. The third kappa shape index (κ3) is 2.30. The summed E-state index contributed by atoms with van der Waals surface area (Å²) in [6.07, 6.45) is 2.11. The Balaban J connectivity index is 2.14. The molecule has 17 heavy (non-hydrogen) atoms. The van der Waals surface area contributed by atoms with Crippen LogP contribution in [0.4, 0.5) is 4.39 Å². The highest BCUT2D eigenvalue weighted by Crippen LogP contribution is 2.35. The quantitative estimate of drug-likeness (QED) is 0.750. The van der Waals surface area contributed by atoms with Crippen LogP contribution >= 0.6 is 0 Å². The number of carbonyl (C=O) groups is 1. The van der Waals surface area contributed by atoms with Gasteiger partial charge in [-0.1, -0.05) is 20.8 Å². The minimum atomic E-state index is -0.376. The number of carbonyl (C=O) groups excluding carboxylic acids is 1. The molecule has 1 saturated heterocycles. The first kappa shape index (κ1) is 12.0. The van der Waals surface area contributed by atoms with Crippen molar-refractivity contribution in [2.75, 3.05) is 6.54 Å². The first-order valence-corrected chi connectivity index (χ1v) is 5.82. The van der Waals surface area contributed by atoms with Gasteiger partial charge in [-0.15, -0.1) is 0 Å². The van der Waals surface area contributed by atoms with E-state index in [2.05, 4.69) is 4.98 Å². The number of likely N-dealkylation sites (tertiary alicyclic amines) is 1. The third-order valence-corrected chi connectivity index (χ3v) is 3.01. The second-order valence-corrected chi connectivity index (χ2v) is 5.45. The third-order valence-electron chi connectivity index (χ3n) is 3.01. The van der Waals surface area contributed by atoms with Gasteiger partial charge in [-0.25, -0.2) is 4.39 Å². The summed E-state index contributed by atoms with van der Waals surface area (Å²) in [4.78, 5) is 18.0. The van der Waals surface area contributed by atoms with E-state index in [-0.39, 0.29) is 23.2 Å². The van der Waals surface area contributed by atoms with E-state index in [1.807, 2.05) is 25.7 Å². The molecule has 0 N–H and O–H groups in total. The number of aromatic nitrogens is 1. The summed E-state index contributed by atoms with van der Waals surface area (Å²) >= 11 is 0. The molecule has 0 aromatic carbocycles. The normalized spacial score (nSPS) is 20.0. The van der Waals surface area contributed by atoms with Crippen LogP contribution in [0.5, 0.6) is 0 Å². The van der Waals surface area contributed by atoms with Crippen molar-refractivity contribution >= 4 is 5.91 Å². The number of amides is 1. The summed E-state index contributed by atoms with van der Waals surface area (Å²) in [5.74, 6) is -0.221. The topological polar surface area (TPSA) is 33.2 Å². The average molecular weight is 236 g/mol. The molecule has 1 aliphatic heterocycles. The number of pyridine rings is 1. The molecule has 0 bridgehead atoms. The van der Waals surface area contributed by atoms with E-state index in [0.717, 1.165) is 18.7 Å². The van der Waals surface area contributed by atoms with Gasteiger partial charge in [0.25, 0.3) is 0 Å². The Morgan fingerprint density at radius 1 is 1.47 bits per heavy atom. The van der Waals surface area contributed by atoms with E-state index in [1.54, 1.807) is 6.07 Å². The fourth-order valence-corrected chi connectivity index (χ4v) is 1.95. The molecule has 1 aromatic rings. The molecule has 4 heteroatoms. The fraction of sp³-hybridized carbons (Fsp3) is 0.538. The van der Waals surface area contributed by atoms with Crippen molar-refractivity contribution in [1.29, 1.82) is 0 Å². The highest BCUT2D eigenvalue weighted by atomic mass is 19.1. The van der Waals surface area contributed by atoms with E-state index in [0.29, 0.717) is 0 Å². The molecule has 1 unspecified atom stereocenters. The van der Waals surface area contributed by atoms with Crippen LogP contribution in [0, 0.1) is 11.2 Å². The van der Waals surface area contributed by atoms with E-state index in [1.165, 1.54) is 12.3 Å². The Bertz CT molecular complexity index is 422. The molecule has 2 heterocycles. The SMILES string of the molecule is CC(C)(C)C(=O)N1CCC1c1ccc(F)cn1. The summed E-state index contributed by atoms with van der Waals surface area (Å²) in [5.41, 5.74) is 0.397. The Hall–Kier alpha value is -1.45. The molecule has 1 atom stereocenters. The number of hydrogen-bond acceptors (Lipinski definition) is 2. The van der Waals surface area contributed by atoms with Crippen LogP contribution in [0.3, 0.4) is 0 Å². The minimum Gasteiger partial charge on any atom is -0.333 e. The summed E-state index contributed by atoms with van der Waals surface area (Å²) in [7, 11) is 0. The molecule has 3 nitrogen and oxygen atoms in total. The maximum atomic E-state index is 12.8. The zero-order chi connectivity index (χ0) is 12.6. The van der Waals surface area contributed by atoms with Crippen molar-refractivity contribution in [3.63, 3.8) is 0 Å². The van der Waals surface area contributed by atoms with E-state index in [9.17, 15) is 9.18 Å². The Morgan fingerprint density at radius 3 is 2.59 bits per heavy atom. The van der Waals surface area contributed by atoms with Gasteiger partial charge in [0.15, 0.2) is 0 Å². The number of nitrogens with zero attached hydrogens (tertiary/aromatic N) is 2. The molecule has 1 aliphatic rings. The van der Waals surface area contributed by atoms with Crippen LogP contribution < -0.4 is 0 Å². The largest absolute Gasteiger partial charge is 0.333 e. The van der Waals surface area contributed by atoms with Crippen molar-refractivity contribution in [1.82, 2.24) is 9.88 Å². The zero-order valence-corrected chi connectivity index (χ0v) is 10.4. The van der Waals surface area contributed by atoms with Crippen molar-refractivity contribution in [2.24, 2.45) is 5.41 Å². The van der Waals surface area contributed by atoms with Crippen molar-refractivity contribution in [3.05, 3.63) is 29.8 Å². The molecule has 1 amide bonds. The van der Waals surface area contributed by atoms with Gasteiger partial charge in [-0.2, -0.15) is 0 Å². The zero-order valence-electron chi connectivity index (χ0n) is 10.4. The van der Waals surface area contributed by atoms with Crippen LogP contribution in [-0.4, -0.2) is 22.3 Å².